The highest BCUT2D eigenvalue weighted by atomic mass is 35.5. The Balaban J connectivity index is 2.56. The molecule has 0 bridgehead atoms. The van der Waals surface area contributed by atoms with Crippen molar-refractivity contribution in [2.75, 3.05) is 0 Å². The molecular weight excluding hydrogens is 277 g/mol. The summed E-state index contributed by atoms with van der Waals surface area (Å²) in [6.45, 7) is 9.07. The molecule has 1 rings (SSSR count). The third-order valence-electron chi connectivity index (χ3n) is 3.18. The smallest absolute Gasteiger partial charge is 0.0624 e. The van der Waals surface area contributed by atoms with Crippen molar-refractivity contribution in [3.8, 4) is 0 Å². The molecule has 1 aromatic rings. The van der Waals surface area contributed by atoms with Crippen LogP contribution in [-0.4, -0.2) is 6.04 Å². The highest BCUT2D eigenvalue weighted by molar-refractivity contribution is 6.42. The van der Waals surface area contributed by atoms with E-state index in [4.69, 9.17) is 28.9 Å². The van der Waals surface area contributed by atoms with Crippen LogP contribution in [-0.2, 0) is 6.42 Å². The molecule has 0 aliphatic carbocycles. The van der Waals surface area contributed by atoms with E-state index < -0.39 is 0 Å². The molecule has 0 saturated carbocycles. The van der Waals surface area contributed by atoms with Crippen LogP contribution in [0.1, 0.15) is 46.1 Å². The lowest BCUT2D eigenvalue weighted by atomic mass is 9.82. The summed E-state index contributed by atoms with van der Waals surface area (Å²) < 4.78 is 0. The zero-order chi connectivity index (χ0) is 14.6. The van der Waals surface area contributed by atoms with Gasteiger partial charge in [-0.05, 0) is 42.2 Å². The first-order chi connectivity index (χ1) is 8.69. The van der Waals surface area contributed by atoms with Gasteiger partial charge in [0.15, 0.2) is 0 Å². The average Bonchev–Trinajstić information content (AvgIpc) is 2.21. The van der Waals surface area contributed by atoms with Gasteiger partial charge in [-0.2, -0.15) is 0 Å². The molecule has 2 N–H and O–H groups in total. The second-order valence-corrected chi connectivity index (χ2v) is 7.57. The Kier molecular flexibility index (Phi) is 6.16. The molecule has 2 unspecified atom stereocenters. The molecule has 1 aromatic carbocycles. The summed E-state index contributed by atoms with van der Waals surface area (Å²) in [7, 11) is 0. The van der Waals surface area contributed by atoms with E-state index in [9.17, 15) is 0 Å². The monoisotopic (exact) mass is 301 g/mol. The van der Waals surface area contributed by atoms with Crippen molar-refractivity contribution in [3.63, 3.8) is 0 Å². The number of rotatable bonds is 5. The number of hydrogen-bond donors (Lipinski definition) is 1. The molecule has 0 heterocycles. The number of benzene rings is 1. The molecule has 0 aliphatic heterocycles. The lowest BCUT2D eigenvalue weighted by molar-refractivity contribution is 0.285. The number of hydrogen-bond acceptors (Lipinski definition) is 1. The van der Waals surface area contributed by atoms with Gasteiger partial charge in [-0.25, -0.2) is 0 Å². The van der Waals surface area contributed by atoms with Gasteiger partial charge in [0.1, 0.15) is 0 Å². The van der Waals surface area contributed by atoms with E-state index in [1.165, 1.54) is 6.42 Å². The first kappa shape index (κ1) is 16.8. The minimum Gasteiger partial charge on any atom is -0.327 e. The van der Waals surface area contributed by atoms with E-state index in [1.807, 2.05) is 12.1 Å². The maximum atomic E-state index is 6.24. The molecule has 0 saturated heterocycles. The van der Waals surface area contributed by atoms with Crippen LogP contribution in [0, 0.1) is 11.3 Å². The fourth-order valence-corrected chi connectivity index (χ4v) is 3.11. The van der Waals surface area contributed by atoms with Crippen molar-refractivity contribution in [1.29, 1.82) is 0 Å². The third-order valence-corrected chi connectivity index (χ3v) is 4.04. The molecule has 0 aromatic heterocycles. The Morgan fingerprint density at radius 2 is 1.84 bits per heavy atom. The Morgan fingerprint density at radius 1 is 1.21 bits per heavy atom. The molecule has 0 amide bonds. The fraction of sp³-hybridized carbons (Fsp3) is 0.625. The van der Waals surface area contributed by atoms with Crippen LogP contribution in [0.3, 0.4) is 0 Å². The van der Waals surface area contributed by atoms with Gasteiger partial charge in [0.25, 0.3) is 0 Å². The lowest BCUT2D eigenvalue weighted by Gasteiger charge is -2.25. The molecule has 0 radical (unpaired) electrons. The first-order valence-electron chi connectivity index (χ1n) is 6.87. The maximum Gasteiger partial charge on any atom is 0.0624 e. The first-order valence-corrected chi connectivity index (χ1v) is 7.63. The maximum absolute atomic E-state index is 6.24. The molecule has 19 heavy (non-hydrogen) atoms. The average molecular weight is 302 g/mol. The van der Waals surface area contributed by atoms with Crippen molar-refractivity contribution in [2.45, 2.75) is 53.0 Å². The summed E-state index contributed by atoms with van der Waals surface area (Å²) in [4.78, 5) is 0. The van der Waals surface area contributed by atoms with E-state index >= 15 is 0 Å². The molecule has 108 valence electrons. The van der Waals surface area contributed by atoms with Crippen LogP contribution in [0.2, 0.25) is 10.0 Å². The fourth-order valence-electron chi connectivity index (χ4n) is 2.72. The summed E-state index contributed by atoms with van der Waals surface area (Å²) >= 11 is 12.2. The van der Waals surface area contributed by atoms with Gasteiger partial charge in [0.05, 0.1) is 10.0 Å². The molecule has 0 spiro atoms. The van der Waals surface area contributed by atoms with Gasteiger partial charge in [0, 0.05) is 6.04 Å². The van der Waals surface area contributed by atoms with Crippen LogP contribution in [0.5, 0.6) is 0 Å². The zero-order valence-corrected chi connectivity index (χ0v) is 13.9. The topological polar surface area (TPSA) is 26.0 Å². The van der Waals surface area contributed by atoms with Crippen molar-refractivity contribution < 1.29 is 0 Å². The van der Waals surface area contributed by atoms with Gasteiger partial charge in [-0.3, -0.25) is 0 Å². The summed E-state index contributed by atoms with van der Waals surface area (Å²) in [5, 5.41) is 1.25. The van der Waals surface area contributed by atoms with Gasteiger partial charge < -0.3 is 5.73 Å². The Morgan fingerprint density at radius 3 is 2.42 bits per heavy atom. The van der Waals surface area contributed by atoms with Crippen molar-refractivity contribution in [1.82, 2.24) is 0 Å². The Hall–Kier alpha value is -0.240. The Bertz CT molecular complexity index is 410. The predicted molar refractivity (Wildman–Crippen MR) is 86.0 cm³/mol. The zero-order valence-electron chi connectivity index (χ0n) is 12.3. The van der Waals surface area contributed by atoms with Gasteiger partial charge in [-0.1, -0.05) is 63.0 Å². The summed E-state index contributed by atoms with van der Waals surface area (Å²) in [6.07, 6.45) is 2.98. The molecule has 1 nitrogen and oxygen atoms in total. The largest absolute Gasteiger partial charge is 0.327 e. The van der Waals surface area contributed by atoms with Crippen LogP contribution < -0.4 is 5.73 Å². The lowest BCUT2D eigenvalue weighted by Crippen LogP contribution is -2.27. The van der Waals surface area contributed by atoms with Crippen LogP contribution in [0.25, 0.3) is 0 Å². The van der Waals surface area contributed by atoms with Crippen molar-refractivity contribution >= 4 is 23.2 Å². The van der Waals surface area contributed by atoms with E-state index in [1.54, 1.807) is 6.07 Å². The van der Waals surface area contributed by atoms with Crippen LogP contribution in [0.4, 0.5) is 0 Å². The predicted octanol–water partition coefficient (Wildman–Crippen LogP) is 5.33. The third kappa shape index (κ3) is 6.16. The van der Waals surface area contributed by atoms with E-state index in [0.29, 0.717) is 21.4 Å². The van der Waals surface area contributed by atoms with Crippen molar-refractivity contribution in [2.24, 2.45) is 17.1 Å². The molecule has 0 aliphatic rings. The highest BCUT2D eigenvalue weighted by Crippen LogP contribution is 2.29. The normalized spacial score (nSPS) is 15.3. The summed E-state index contributed by atoms with van der Waals surface area (Å²) in [5.41, 5.74) is 7.64. The van der Waals surface area contributed by atoms with E-state index in [2.05, 4.69) is 27.7 Å². The second-order valence-electron chi connectivity index (χ2n) is 6.78. The van der Waals surface area contributed by atoms with Crippen molar-refractivity contribution in [3.05, 3.63) is 33.8 Å². The molecule has 3 heteroatoms. The van der Waals surface area contributed by atoms with Gasteiger partial charge >= 0.3 is 0 Å². The minimum atomic E-state index is 0.133. The molecule has 0 fully saturated rings. The minimum absolute atomic E-state index is 0.133. The highest BCUT2D eigenvalue weighted by Gasteiger charge is 2.18. The van der Waals surface area contributed by atoms with Crippen LogP contribution >= 0.6 is 23.2 Å². The SMILES string of the molecule is CC(CC(N)Cc1cccc(Cl)c1Cl)CC(C)(C)C. The molecular formula is C16H25Cl2N. The van der Waals surface area contributed by atoms with E-state index in [0.717, 1.165) is 18.4 Å². The second kappa shape index (κ2) is 6.97. The van der Waals surface area contributed by atoms with Gasteiger partial charge in [0.2, 0.25) is 0 Å². The standard InChI is InChI=1S/C16H25Cl2N/c1-11(10-16(2,3)4)8-13(19)9-12-6-5-7-14(17)15(12)18/h5-7,11,13H,8-10,19H2,1-4H3. The quantitative estimate of drug-likeness (QED) is 0.782. The molecule has 2 atom stereocenters. The number of nitrogens with two attached hydrogens (primary N) is 1. The Labute approximate surface area is 127 Å². The summed E-state index contributed by atoms with van der Waals surface area (Å²) in [5.74, 6) is 0.618. The van der Waals surface area contributed by atoms with Gasteiger partial charge in [-0.15, -0.1) is 0 Å². The number of halogens is 2. The summed E-state index contributed by atoms with van der Waals surface area (Å²) in [6, 6.07) is 5.87. The van der Waals surface area contributed by atoms with E-state index in [-0.39, 0.29) is 6.04 Å². The van der Waals surface area contributed by atoms with Crippen LogP contribution in [0.15, 0.2) is 18.2 Å².